The molecule has 1 amide bonds. The number of carbonyl (C=O) groups excluding carboxylic acids is 1. The van der Waals surface area contributed by atoms with E-state index in [1.165, 1.54) is 4.52 Å². The molecule has 21 heavy (non-hydrogen) atoms. The Labute approximate surface area is 121 Å². The summed E-state index contributed by atoms with van der Waals surface area (Å²) in [5, 5.41) is 15.7. The van der Waals surface area contributed by atoms with E-state index in [0.717, 1.165) is 5.69 Å². The van der Waals surface area contributed by atoms with Crippen molar-refractivity contribution < 1.29 is 14.7 Å². The van der Waals surface area contributed by atoms with Crippen molar-refractivity contribution in [3.05, 3.63) is 23.8 Å². The Hall–Kier alpha value is -2.51. The van der Waals surface area contributed by atoms with E-state index in [9.17, 15) is 14.7 Å². The lowest BCUT2D eigenvalue weighted by Crippen LogP contribution is -2.49. The second kappa shape index (κ2) is 5.12. The molecule has 0 fully saturated rings. The van der Waals surface area contributed by atoms with E-state index in [1.54, 1.807) is 40.0 Å². The monoisotopic (exact) mass is 291 g/mol. The minimum atomic E-state index is -1.10. The second-order valence-electron chi connectivity index (χ2n) is 5.84. The molecule has 0 bridgehead atoms. The lowest BCUT2D eigenvalue weighted by Gasteiger charge is -2.27. The highest BCUT2D eigenvalue weighted by molar-refractivity contribution is 5.94. The maximum Gasteiger partial charge on any atom is 0.326 e. The molecular weight excluding hydrogens is 274 g/mol. The summed E-state index contributed by atoms with van der Waals surface area (Å²) in [4.78, 5) is 31.4. The molecule has 2 rings (SSSR count). The summed E-state index contributed by atoms with van der Waals surface area (Å²) >= 11 is 0. The fourth-order valence-electron chi connectivity index (χ4n) is 1.85. The fraction of sp³-hybridized carbons (Fsp3) is 0.462. The third-order valence-electron chi connectivity index (χ3n) is 3.02. The first-order valence-electron chi connectivity index (χ1n) is 6.42. The van der Waals surface area contributed by atoms with Crippen LogP contribution in [0.2, 0.25) is 0 Å². The molecule has 2 N–H and O–H groups in total. The van der Waals surface area contributed by atoms with Gasteiger partial charge in [-0.3, -0.25) is 4.79 Å². The molecule has 0 saturated carbocycles. The molecule has 8 nitrogen and oxygen atoms in total. The maximum atomic E-state index is 12.1. The molecule has 8 heteroatoms. The highest BCUT2D eigenvalue weighted by Gasteiger charge is 2.33. The number of nitrogens with zero attached hydrogens (tertiary/aromatic N) is 4. The summed E-state index contributed by atoms with van der Waals surface area (Å²) in [6.07, 6.45) is 1.57. The van der Waals surface area contributed by atoms with Crippen molar-refractivity contribution in [2.24, 2.45) is 5.41 Å². The fourth-order valence-corrected chi connectivity index (χ4v) is 1.85. The van der Waals surface area contributed by atoms with Gasteiger partial charge < -0.3 is 10.4 Å². The zero-order valence-corrected chi connectivity index (χ0v) is 12.3. The number of fused-ring (bicyclic) bond motifs is 1. The topological polar surface area (TPSA) is 109 Å². The van der Waals surface area contributed by atoms with Crippen LogP contribution >= 0.6 is 0 Å². The molecule has 0 radical (unpaired) electrons. The van der Waals surface area contributed by atoms with Crippen LogP contribution in [0.4, 0.5) is 0 Å². The predicted octanol–water partition coefficient (Wildman–Crippen LogP) is 0.662. The average molecular weight is 291 g/mol. The summed E-state index contributed by atoms with van der Waals surface area (Å²) in [6.45, 7) is 7.00. The van der Waals surface area contributed by atoms with Gasteiger partial charge in [-0.05, 0) is 18.4 Å². The van der Waals surface area contributed by atoms with Crippen LogP contribution in [0.5, 0.6) is 0 Å². The molecule has 0 saturated heterocycles. The number of hydrogen-bond donors (Lipinski definition) is 2. The summed E-state index contributed by atoms with van der Waals surface area (Å²) in [6, 6.07) is 0.698. The molecule has 0 aliphatic heterocycles. The van der Waals surface area contributed by atoms with Gasteiger partial charge >= 0.3 is 5.97 Å². The van der Waals surface area contributed by atoms with Crippen molar-refractivity contribution in [1.29, 1.82) is 0 Å². The summed E-state index contributed by atoms with van der Waals surface area (Å²) in [7, 11) is 0. The Morgan fingerprint density at radius 2 is 2.05 bits per heavy atom. The zero-order chi connectivity index (χ0) is 15.8. The summed E-state index contributed by atoms with van der Waals surface area (Å²) < 4.78 is 1.43. The van der Waals surface area contributed by atoms with Crippen molar-refractivity contribution in [3.8, 4) is 0 Å². The Morgan fingerprint density at radius 1 is 1.38 bits per heavy atom. The van der Waals surface area contributed by atoms with Gasteiger partial charge in [0.05, 0.1) is 0 Å². The number of amides is 1. The minimum Gasteiger partial charge on any atom is -0.480 e. The third-order valence-corrected chi connectivity index (χ3v) is 3.02. The number of carboxylic acids is 1. The van der Waals surface area contributed by atoms with Crippen LogP contribution in [0.25, 0.3) is 5.78 Å². The number of nitrogens with one attached hydrogen (secondary N) is 1. The summed E-state index contributed by atoms with van der Waals surface area (Å²) in [5.41, 5.74) is 0.145. The standard InChI is InChI=1S/C13H17N5O3/c1-7-5-6-14-12-16-9(17-18(7)12)10(19)15-8(11(20)21)13(2,3)4/h5-6,8H,1-4H3,(H,15,19)(H,20,21)/t8-/m1/s1. The number of hydrogen-bond acceptors (Lipinski definition) is 5. The molecule has 0 unspecified atom stereocenters. The van der Waals surface area contributed by atoms with Crippen LogP contribution in [-0.4, -0.2) is 42.6 Å². The second-order valence-corrected chi connectivity index (χ2v) is 5.84. The van der Waals surface area contributed by atoms with E-state index in [1.807, 2.05) is 0 Å². The summed E-state index contributed by atoms with van der Waals surface area (Å²) in [5.74, 6) is -1.55. The van der Waals surface area contributed by atoms with Crippen molar-refractivity contribution in [2.45, 2.75) is 33.7 Å². The molecule has 112 valence electrons. The van der Waals surface area contributed by atoms with Gasteiger partial charge in [0, 0.05) is 11.9 Å². The van der Waals surface area contributed by atoms with E-state index >= 15 is 0 Å². The highest BCUT2D eigenvalue weighted by atomic mass is 16.4. The molecule has 0 spiro atoms. The van der Waals surface area contributed by atoms with Gasteiger partial charge in [0.2, 0.25) is 5.82 Å². The van der Waals surface area contributed by atoms with Gasteiger partial charge in [-0.2, -0.15) is 4.98 Å². The Balaban J connectivity index is 2.30. The predicted molar refractivity (Wildman–Crippen MR) is 73.9 cm³/mol. The smallest absolute Gasteiger partial charge is 0.326 e. The van der Waals surface area contributed by atoms with Crippen molar-refractivity contribution in [3.63, 3.8) is 0 Å². The molecule has 0 aliphatic rings. The Bertz CT molecular complexity index is 701. The van der Waals surface area contributed by atoms with Gasteiger partial charge in [-0.25, -0.2) is 14.3 Å². The molecule has 0 aromatic carbocycles. The molecule has 2 aromatic rings. The molecule has 0 aliphatic carbocycles. The molecule has 2 heterocycles. The first-order valence-corrected chi connectivity index (χ1v) is 6.42. The SMILES string of the molecule is Cc1ccnc2nc(C(=O)N[C@H](C(=O)O)C(C)(C)C)nn12. The highest BCUT2D eigenvalue weighted by Crippen LogP contribution is 2.19. The quantitative estimate of drug-likeness (QED) is 0.859. The van der Waals surface area contributed by atoms with Gasteiger partial charge in [0.25, 0.3) is 11.7 Å². The van der Waals surface area contributed by atoms with E-state index in [2.05, 4.69) is 20.4 Å². The van der Waals surface area contributed by atoms with Crippen LogP contribution in [-0.2, 0) is 4.79 Å². The third kappa shape index (κ3) is 2.99. The van der Waals surface area contributed by atoms with Gasteiger partial charge in [-0.1, -0.05) is 20.8 Å². The number of aromatic nitrogens is 4. The Kier molecular flexibility index (Phi) is 3.63. The molecule has 1 atom stereocenters. The number of aryl methyl sites for hydroxylation is 1. The van der Waals surface area contributed by atoms with Gasteiger partial charge in [-0.15, -0.1) is 5.10 Å². The first-order chi connectivity index (χ1) is 9.70. The molecule has 2 aromatic heterocycles. The minimum absolute atomic E-state index is 0.104. The first kappa shape index (κ1) is 14.9. The normalized spacial score (nSPS) is 13.1. The number of carbonyl (C=O) groups is 2. The largest absolute Gasteiger partial charge is 0.480 e. The Morgan fingerprint density at radius 3 is 2.57 bits per heavy atom. The zero-order valence-electron chi connectivity index (χ0n) is 12.3. The van der Waals surface area contributed by atoms with Gasteiger partial charge in [0.1, 0.15) is 6.04 Å². The number of carboxylic acid groups (broad SMARTS) is 1. The number of rotatable bonds is 3. The van der Waals surface area contributed by atoms with E-state index in [4.69, 9.17) is 0 Å². The van der Waals surface area contributed by atoms with E-state index in [-0.39, 0.29) is 5.82 Å². The maximum absolute atomic E-state index is 12.1. The lowest BCUT2D eigenvalue weighted by atomic mass is 9.87. The van der Waals surface area contributed by atoms with Crippen molar-refractivity contribution in [2.75, 3.05) is 0 Å². The lowest BCUT2D eigenvalue weighted by molar-refractivity contribution is -0.142. The van der Waals surface area contributed by atoms with Crippen LogP contribution in [0.15, 0.2) is 12.3 Å². The molecular formula is C13H17N5O3. The van der Waals surface area contributed by atoms with Crippen LogP contribution in [0, 0.1) is 12.3 Å². The van der Waals surface area contributed by atoms with Crippen LogP contribution in [0.3, 0.4) is 0 Å². The van der Waals surface area contributed by atoms with Crippen LogP contribution in [0.1, 0.15) is 37.1 Å². The van der Waals surface area contributed by atoms with Crippen molar-refractivity contribution >= 4 is 17.7 Å². The van der Waals surface area contributed by atoms with Crippen LogP contribution < -0.4 is 5.32 Å². The number of aliphatic carboxylic acids is 1. The van der Waals surface area contributed by atoms with E-state index in [0.29, 0.717) is 5.78 Å². The van der Waals surface area contributed by atoms with E-state index < -0.39 is 23.3 Å². The van der Waals surface area contributed by atoms with Gasteiger partial charge in [0.15, 0.2) is 0 Å². The average Bonchev–Trinajstić information content (AvgIpc) is 2.79. The van der Waals surface area contributed by atoms with Crippen molar-refractivity contribution in [1.82, 2.24) is 24.9 Å².